The minimum Gasteiger partial charge on any atom is -0.383 e. The zero-order chi connectivity index (χ0) is 14.0. The van der Waals surface area contributed by atoms with Crippen molar-refractivity contribution in [1.29, 1.82) is 0 Å². The molecule has 0 bridgehead atoms. The predicted octanol–water partition coefficient (Wildman–Crippen LogP) is 2.84. The van der Waals surface area contributed by atoms with Gasteiger partial charge in [0.1, 0.15) is 5.82 Å². The van der Waals surface area contributed by atoms with Crippen LogP contribution < -0.4 is 5.73 Å². The molecule has 2 heterocycles. The Labute approximate surface area is 119 Å². The van der Waals surface area contributed by atoms with Crippen molar-refractivity contribution >= 4 is 39.8 Å². The number of nitrogens with zero attached hydrogens (tertiary/aromatic N) is 1. The van der Waals surface area contributed by atoms with E-state index in [2.05, 4.69) is 4.98 Å². The molecule has 2 rings (SSSR count). The summed E-state index contributed by atoms with van der Waals surface area (Å²) in [6.07, 6.45) is 1.62. The molecule has 19 heavy (non-hydrogen) atoms. The minimum atomic E-state index is -0.767. The summed E-state index contributed by atoms with van der Waals surface area (Å²) in [5.41, 5.74) is 6.86. The highest BCUT2D eigenvalue weighted by Gasteiger charge is 2.20. The van der Waals surface area contributed by atoms with Gasteiger partial charge in [-0.2, -0.15) is 0 Å². The maximum Gasteiger partial charge on any atom is 0.256 e. The fraction of sp³-hybridized carbons (Fsp3) is 0.154. The molecule has 0 amide bonds. The van der Waals surface area contributed by atoms with Gasteiger partial charge in [-0.05, 0) is 41.6 Å². The highest BCUT2D eigenvalue weighted by Crippen LogP contribution is 2.22. The summed E-state index contributed by atoms with van der Waals surface area (Å²) in [6, 6.07) is 3.42. The molecular weight excluding hydrogens is 284 g/mol. The van der Waals surface area contributed by atoms with Crippen LogP contribution in [0.15, 0.2) is 23.7 Å². The Bertz CT molecular complexity index is 652. The Kier molecular flexibility index (Phi) is 3.97. The molecule has 6 heteroatoms. The molecule has 2 aromatic rings. The number of Topliss-reactive ketones (excluding diaryl/α,β-unsaturated/α-hetero) is 1. The number of carbonyl (C=O) groups excluding carboxylic acids is 2. The number of halogens is 1. The standard InChI is InChI=1S/C13H11ClN2O2S/c1-7-3-5-19-10(7)6-9(17)8-2-4-16-13(15)11(8)12(14)18/h2-5H,6H2,1H3,(H2,15,16). The van der Waals surface area contributed by atoms with E-state index < -0.39 is 5.24 Å². The third-order valence-electron chi connectivity index (χ3n) is 2.77. The van der Waals surface area contributed by atoms with Crippen molar-refractivity contribution in [1.82, 2.24) is 4.98 Å². The number of thiophene rings is 1. The van der Waals surface area contributed by atoms with Crippen LogP contribution in [0.3, 0.4) is 0 Å². The first-order valence-electron chi connectivity index (χ1n) is 5.51. The number of hydrogen-bond acceptors (Lipinski definition) is 5. The topological polar surface area (TPSA) is 73.1 Å². The highest BCUT2D eigenvalue weighted by molar-refractivity contribution is 7.10. The Morgan fingerprint density at radius 2 is 2.16 bits per heavy atom. The molecule has 0 fully saturated rings. The van der Waals surface area contributed by atoms with E-state index in [1.54, 1.807) is 0 Å². The number of ketones is 1. The van der Waals surface area contributed by atoms with E-state index in [4.69, 9.17) is 17.3 Å². The van der Waals surface area contributed by atoms with Crippen molar-refractivity contribution in [2.75, 3.05) is 5.73 Å². The number of carbonyl (C=O) groups is 2. The van der Waals surface area contributed by atoms with Gasteiger partial charge in [0.05, 0.1) is 5.56 Å². The van der Waals surface area contributed by atoms with Gasteiger partial charge in [0.15, 0.2) is 5.78 Å². The summed E-state index contributed by atoms with van der Waals surface area (Å²) in [7, 11) is 0. The quantitative estimate of drug-likeness (QED) is 0.695. The molecule has 4 nitrogen and oxygen atoms in total. The van der Waals surface area contributed by atoms with Crippen LogP contribution in [0.4, 0.5) is 5.82 Å². The van der Waals surface area contributed by atoms with Crippen molar-refractivity contribution in [3.05, 3.63) is 45.3 Å². The molecule has 0 radical (unpaired) electrons. The van der Waals surface area contributed by atoms with Gasteiger partial charge in [0, 0.05) is 23.1 Å². The van der Waals surface area contributed by atoms with Crippen LogP contribution in [0, 0.1) is 6.92 Å². The lowest BCUT2D eigenvalue weighted by Crippen LogP contribution is -2.12. The fourth-order valence-electron chi connectivity index (χ4n) is 1.74. The lowest BCUT2D eigenvalue weighted by atomic mass is 10.0. The third kappa shape index (κ3) is 2.83. The summed E-state index contributed by atoms with van der Waals surface area (Å²) in [4.78, 5) is 28.4. The first-order chi connectivity index (χ1) is 9.00. The molecule has 0 aromatic carbocycles. The van der Waals surface area contributed by atoms with E-state index in [1.165, 1.54) is 23.6 Å². The number of aromatic nitrogens is 1. The van der Waals surface area contributed by atoms with Crippen LogP contribution in [0.1, 0.15) is 31.2 Å². The molecule has 0 aliphatic heterocycles. The molecule has 0 spiro atoms. The number of pyridine rings is 1. The number of aryl methyl sites for hydroxylation is 1. The lowest BCUT2D eigenvalue weighted by molar-refractivity contribution is 0.0983. The van der Waals surface area contributed by atoms with E-state index in [1.807, 2.05) is 18.4 Å². The van der Waals surface area contributed by atoms with Crippen molar-refractivity contribution in [2.24, 2.45) is 0 Å². The van der Waals surface area contributed by atoms with Gasteiger partial charge in [0.2, 0.25) is 0 Å². The molecule has 98 valence electrons. The van der Waals surface area contributed by atoms with Gasteiger partial charge in [0.25, 0.3) is 5.24 Å². The molecule has 2 aromatic heterocycles. The van der Waals surface area contributed by atoms with Crippen molar-refractivity contribution < 1.29 is 9.59 Å². The normalized spacial score (nSPS) is 10.4. The summed E-state index contributed by atoms with van der Waals surface area (Å²) in [5.74, 6) is -0.211. The second-order valence-corrected chi connectivity index (χ2v) is 5.36. The molecule has 0 unspecified atom stereocenters. The Morgan fingerprint density at radius 3 is 2.74 bits per heavy atom. The Balaban J connectivity index is 2.37. The van der Waals surface area contributed by atoms with Gasteiger partial charge in [-0.25, -0.2) is 4.98 Å². The van der Waals surface area contributed by atoms with Gasteiger partial charge in [-0.15, -0.1) is 11.3 Å². The number of hydrogen-bond donors (Lipinski definition) is 1. The maximum atomic E-state index is 12.3. The van der Waals surface area contributed by atoms with Gasteiger partial charge in [-0.1, -0.05) is 0 Å². The first-order valence-corrected chi connectivity index (χ1v) is 6.77. The third-order valence-corrected chi connectivity index (χ3v) is 3.98. The summed E-state index contributed by atoms with van der Waals surface area (Å²) < 4.78 is 0. The number of nitrogens with two attached hydrogens (primary N) is 1. The lowest BCUT2D eigenvalue weighted by Gasteiger charge is -2.07. The molecular formula is C13H11ClN2O2S. The number of anilines is 1. The van der Waals surface area contributed by atoms with E-state index in [9.17, 15) is 9.59 Å². The van der Waals surface area contributed by atoms with E-state index in [-0.39, 0.29) is 29.1 Å². The summed E-state index contributed by atoms with van der Waals surface area (Å²) >= 11 is 6.97. The summed E-state index contributed by atoms with van der Waals surface area (Å²) in [6.45, 7) is 1.94. The second kappa shape index (κ2) is 5.50. The molecule has 0 atom stereocenters. The monoisotopic (exact) mass is 294 g/mol. The minimum absolute atomic E-state index is 0.0108. The maximum absolute atomic E-state index is 12.3. The molecule has 0 aliphatic rings. The van der Waals surface area contributed by atoms with Crippen LogP contribution in [0.2, 0.25) is 0 Å². The fourth-order valence-corrected chi connectivity index (χ4v) is 2.85. The van der Waals surface area contributed by atoms with Crippen molar-refractivity contribution in [3.8, 4) is 0 Å². The van der Waals surface area contributed by atoms with E-state index in [0.717, 1.165) is 10.4 Å². The van der Waals surface area contributed by atoms with Crippen LogP contribution in [0.5, 0.6) is 0 Å². The highest BCUT2D eigenvalue weighted by atomic mass is 35.5. The van der Waals surface area contributed by atoms with Crippen molar-refractivity contribution in [2.45, 2.75) is 13.3 Å². The molecule has 2 N–H and O–H groups in total. The van der Waals surface area contributed by atoms with Crippen LogP contribution in [-0.2, 0) is 6.42 Å². The molecule has 0 aliphatic carbocycles. The first kappa shape index (κ1) is 13.7. The smallest absolute Gasteiger partial charge is 0.256 e. The Hall–Kier alpha value is -1.72. The zero-order valence-electron chi connectivity index (χ0n) is 10.1. The molecule has 0 saturated carbocycles. The predicted molar refractivity (Wildman–Crippen MR) is 75.9 cm³/mol. The average Bonchev–Trinajstić information content (AvgIpc) is 2.74. The van der Waals surface area contributed by atoms with Crippen LogP contribution in [-0.4, -0.2) is 16.0 Å². The van der Waals surface area contributed by atoms with Crippen LogP contribution in [0.25, 0.3) is 0 Å². The second-order valence-electron chi connectivity index (χ2n) is 4.02. The largest absolute Gasteiger partial charge is 0.383 e. The van der Waals surface area contributed by atoms with Gasteiger partial charge < -0.3 is 5.73 Å². The average molecular weight is 295 g/mol. The van der Waals surface area contributed by atoms with Crippen molar-refractivity contribution in [3.63, 3.8) is 0 Å². The van der Waals surface area contributed by atoms with Gasteiger partial charge >= 0.3 is 0 Å². The molecule has 0 saturated heterocycles. The Morgan fingerprint density at radius 1 is 1.42 bits per heavy atom. The van der Waals surface area contributed by atoms with E-state index >= 15 is 0 Å². The zero-order valence-corrected chi connectivity index (χ0v) is 11.7. The number of rotatable bonds is 4. The summed E-state index contributed by atoms with van der Waals surface area (Å²) in [5, 5.41) is 1.16. The van der Waals surface area contributed by atoms with E-state index in [0.29, 0.717) is 0 Å². The number of nitrogen functional groups attached to an aromatic ring is 1. The van der Waals surface area contributed by atoms with Crippen LogP contribution >= 0.6 is 22.9 Å². The SMILES string of the molecule is Cc1ccsc1CC(=O)c1ccnc(N)c1C(=O)Cl. The van der Waals surface area contributed by atoms with Gasteiger partial charge in [-0.3, -0.25) is 9.59 Å².